The second-order valence-electron chi connectivity index (χ2n) is 5.93. The first-order valence-corrected chi connectivity index (χ1v) is 7.71. The molecule has 0 radical (unpaired) electrons. The van der Waals surface area contributed by atoms with Crippen molar-refractivity contribution >= 4 is 11.7 Å². The van der Waals surface area contributed by atoms with E-state index in [1.807, 2.05) is 17.9 Å². The Morgan fingerprint density at radius 2 is 1.95 bits per heavy atom. The summed E-state index contributed by atoms with van der Waals surface area (Å²) in [5.41, 5.74) is 0.967. The number of aryl methyl sites for hydroxylation is 1. The third kappa shape index (κ3) is 3.40. The molecule has 3 rings (SSSR count). The van der Waals surface area contributed by atoms with Crippen LogP contribution >= 0.6 is 0 Å². The Hall–Kier alpha value is -1.91. The fourth-order valence-electron chi connectivity index (χ4n) is 3.06. The number of carbonyl (C=O) groups excluding carboxylic acids is 1. The molecule has 0 saturated carbocycles. The highest BCUT2D eigenvalue weighted by Crippen LogP contribution is 2.23. The molecule has 0 atom stereocenters. The molecule has 1 aliphatic carbocycles. The number of rotatable bonds is 3. The highest BCUT2D eigenvalue weighted by molar-refractivity contribution is 5.79. The summed E-state index contributed by atoms with van der Waals surface area (Å²) in [6.45, 7) is 3.65. The van der Waals surface area contributed by atoms with Crippen molar-refractivity contribution in [3.63, 3.8) is 0 Å². The number of hydrogen-bond donors (Lipinski definition) is 1. The number of amides is 1. The number of nitrogens with one attached hydrogen (secondary N) is 1. The predicted molar refractivity (Wildman–Crippen MR) is 81.9 cm³/mol. The van der Waals surface area contributed by atoms with Gasteiger partial charge in [-0.05, 0) is 32.6 Å². The van der Waals surface area contributed by atoms with Crippen molar-refractivity contribution in [2.75, 3.05) is 18.4 Å². The van der Waals surface area contributed by atoms with Crippen molar-refractivity contribution in [3.8, 4) is 0 Å². The molecular formula is C16H22N4O. The fourth-order valence-corrected chi connectivity index (χ4v) is 3.06. The van der Waals surface area contributed by atoms with E-state index in [1.165, 1.54) is 0 Å². The Labute approximate surface area is 125 Å². The minimum atomic E-state index is 0.194. The Morgan fingerprint density at radius 3 is 2.62 bits per heavy atom. The summed E-state index contributed by atoms with van der Waals surface area (Å²) in [6.07, 6.45) is 9.62. The second-order valence-corrected chi connectivity index (χ2v) is 5.93. The summed E-state index contributed by atoms with van der Waals surface area (Å²) >= 11 is 0. The molecule has 1 fully saturated rings. The van der Waals surface area contributed by atoms with Crippen molar-refractivity contribution in [2.45, 2.75) is 38.6 Å². The Morgan fingerprint density at radius 1 is 1.24 bits per heavy atom. The van der Waals surface area contributed by atoms with E-state index < -0.39 is 0 Å². The van der Waals surface area contributed by atoms with Gasteiger partial charge in [-0.3, -0.25) is 4.79 Å². The van der Waals surface area contributed by atoms with Gasteiger partial charge in [0.25, 0.3) is 0 Å². The Kier molecular flexibility index (Phi) is 4.18. The standard InChI is InChI=1S/C16H22N4O/c1-12-10-15(18-11-17-12)19-14-6-8-20(9-7-14)16(21)13-4-2-3-5-13/h2-3,10-11,13-14H,4-9H2,1H3,(H,17,18,19). The number of nitrogens with zero attached hydrogens (tertiary/aromatic N) is 3. The van der Waals surface area contributed by atoms with Gasteiger partial charge in [-0.1, -0.05) is 12.2 Å². The summed E-state index contributed by atoms with van der Waals surface area (Å²) in [7, 11) is 0. The van der Waals surface area contributed by atoms with E-state index in [0.29, 0.717) is 11.9 Å². The van der Waals surface area contributed by atoms with Crippen molar-refractivity contribution < 1.29 is 4.79 Å². The molecule has 0 aromatic carbocycles. The van der Waals surface area contributed by atoms with E-state index >= 15 is 0 Å². The molecule has 1 saturated heterocycles. The van der Waals surface area contributed by atoms with E-state index in [2.05, 4.69) is 27.4 Å². The van der Waals surface area contributed by atoms with Gasteiger partial charge in [-0.25, -0.2) is 9.97 Å². The van der Waals surface area contributed by atoms with Crippen LogP contribution in [0.25, 0.3) is 0 Å². The number of anilines is 1. The molecule has 5 heteroatoms. The zero-order valence-corrected chi connectivity index (χ0v) is 12.5. The number of aromatic nitrogens is 2. The van der Waals surface area contributed by atoms with Gasteiger partial charge in [-0.15, -0.1) is 0 Å². The molecule has 1 aliphatic heterocycles. The Balaban J connectivity index is 1.49. The number of likely N-dealkylation sites (tertiary alicyclic amines) is 1. The van der Waals surface area contributed by atoms with Crippen molar-refractivity contribution in [1.82, 2.24) is 14.9 Å². The van der Waals surface area contributed by atoms with Crippen LogP contribution < -0.4 is 5.32 Å². The van der Waals surface area contributed by atoms with Crippen molar-refractivity contribution in [3.05, 3.63) is 30.2 Å². The highest BCUT2D eigenvalue weighted by Gasteiger charge is 2.28. The van der Waals surface area contributed by atoms with Crippen LogP contribution in [0.3, 0.4) is 0 Å². The van der Waals surface area contributed by atoms with Gasteiger partial charge in [0.05, 0.1) is 0 Å². The van der Waals surface area contributed by atoms with Crippen LogP contribution in [0.15, 0.2) is 24.5 Å². The van der Waals surface area contributed by atoms with Crippen LogP contribution in [0.4, 0.5) is 5.82 Å². The summed E-state index contributed by atoms with van der Waals surface area (Å²) in [5.74, 6) is 1.41. The molecule has 5 nitrogen and oxygen atoms in total. The van der Waals surface area contributed by atoms with Crippen molar-refractivity contribution in [1.29, 1.82) is 0 Å². The molecule has 0 bridgehead atoms. The fraction of sp³-hybridized carbons (Fsp3) is 0.562. The van der Waals surface area contributed by atoms with Crippen LogP contribution in [-0.2, 0) is 4.79 Å². The number of allylic oxidation sites excluding steroid dienone is 2. The maximum Gasteiger partial charge on any atom is 0.226 e. The number of piperidine rings is 1. The SMILES string of the molecule is Cc1cc(NC2CCN(C(=O)C3CC=CC3)CC2)ncn1. The molecule has 112 valence electrons. The van der Waals surface area contributed by atoms with Crippen LogP contribution in [0.2, 0.25) is 0 Å². The maximum absolute atomic E-state index is 12.4. The third-order valence-corrected chi connectivity index (χ3v) is 4.32. The van der Waals surface area contributed by atoms with Gasteiger partial charge >= 0.3 is 0 Å². The average Bonchev–Trinajstić information content (AvgIpc) is 3.01. The minimum absolute atomic E-state index is 0.194. The molecule has 1 N–H and O–H groups in total. The van der Waals surface area contributed by atoms with E-state index in [-0.39, 0.29) is 5.92 Å². The lowest BCUT2D eigenvalue weighted by atomic mass is 10.0. The lowest BCUT2D eigenvalue weighted by molar-refractivity contribution is -0.136. The number of carbonyl (C=O) groups is 1. The summed E-state index contributed by atoms with van der Waals surface area (Å²) in [6, 6.07) is 2.35. The summed E-state index contributed by atoms with van der Waals surface area (Å²) in [4.78, 5) is 22.7. The average molecular weight is 286 g/mol. The molecule has 1 aromatic rings. The zero-order chi connectivity index (χ0) is 14.7. The van der Waals surface area contributed by atoms with Gasteiger partial charge in [0.2, 0.25) is 5.91 Å². The lowest BCUT2D eigenvalue weighted by Gasteiger charge is -2.34. The maximum atomic E-state index is 12.4. The smallest absolute Gasteiger partial charge is 0.226 e. The number of hydrogen-bond acceptors (Lipinski definition) is 4. The second kappa shape index (κ2) is 6.24. The monoisotopic (exact) mass is 286 g/mol. The minimum Gasteiger partial charge on any atom is -0.367 e. The predicted octanol–water partition coefficient (Wildman–Crippen LogP) is 2.15. The van der Waals surface area contributed by atoms with Crippen LogP contribution in [0, 0.1) is 12.8 Å². The topological polar surface area (TPSA) is 58.1 Å². The van der Waals surface area contributed by atoms with Crippen LogP contribution in [-0.4, -0.2) is 39.9 Å². The molecule has 2 aliphatic rings. The Bertz CT molecular complexity index is 527. The van der Waals surface area contributed by atoms with Gasteiger partial charge in [-0.2, -0.15) is 0 Å². The summed E-state index contributed by atoms with van der Waals surface area (Å²) in [5, 5.41) is 3.45. The van der Waals surface area contributed by atoms with Crippen LogP contribution in [0.1, 0.15) is 31.4 Å². The van der Waals surface area contributed by atoms with Gasteiger partial charge in [0.1, 0.15) is 12.1 Å². The highest BCUT2D eigenvalue weighted by atomic mass is 16.2. The molecule has 2 heterocycles. The largest absolute Gasteiger partial charge is 0.367 e. The zero-order valence-electron chi connectivity index (χ0n) is 12.5. The van der Waals surface area contributed by atoms with E-state index in [0.717, 1.165) is 50.3 Å². The first kappa shape index (κ1) is 14.0. The normalized spacial score (nSPS) is 20.0. The van der Waals surface area contributed by atoms with E-state index in [4.69, 9.17) is 0 Å². The lowest BCUT2D eigenvalue weighted by Crippen LogP contribution is -2.44. The first-order chi connectivity index (χ1) is 10.2. The van der Waals surface area contributed by atoms with Crippen LogP contribution in [0.5, 0.6) is 0 Å². The molecule has 1 amide bonds. The molecular weight excluding hydrogens is 264 g/mol. The van der Waals surface area contributed by atoms with Gasteiger partial charge < -0.3 is 10.2 Å². The third-order valence-electron chi connectivity index (χ3n) is 4.32. The quantitative estimate of drug-likeness (QED) is 0.865. The van der Waals surface area contributed by atoms with Gasteiger partial charge in [0, 0.05) is 36.8 Å². The summed E-state index contributed by atoms with van der Waals surface area (Å²) < 4.78 is 0. The van der Waals surface area contributed by atoms with Crippen molar-refractivity contribution in [2.24, 2.45) is 5.92 Å². The molecule has 1 aromatic heterocycles. The van der Waals surface area contributed by atoms with Gasteiger partial charge in [0.15, 0.2) is 0 Å². The van der Waals surface area contributed by atoms with E-state index in [9.17, 15) is 4.79 Å². The molecule has 21 heavy (non-hydrogen) atoms. The van der Waals surface area contributed by atoms with E-state index in [1.54, 1.807) is 6.33 Å². The first-order valence-electron chi connectivity index (χ1n) is 7.71. The molecule has 0 spiro atoms. The molecule has 0 unspecified atom stereocenters.